The van der Waals surface area contributed by atoms with Crippen molar-refractivity contribution in [3.63, 3.8) is 0 Å². The van der Waals surface area contributed by atoms with Crippen LogP contribution in [0.25, 0.3) is 18.8 Å². The van der Waals surface area contributed by atoms with Gasteiger partial charge in [-0.1, -0.05) is 12.1 Å². The van der Waals surface area contributed by atoms with Crippen molar-refractivity contribution in [1.82, 2.24) is 0 Å². The molecule has 0 bridgehead atoms. The topological polar surface area (TPSA) is 0 Å². The third-order valence-electron chi connectivity index (χ3n) is 2.13. The maximum absolute atomic E-state index is 2.22. The lowest BCUT2D eigenvalue weighted by molar-refractivity contribution is 2.03. The van der Waals surface area contributed by atoms with E-state index >= 15 is 0 Å². The summed E-state index contributed by atoms with van der Waals surface area (Å²) in [5.41, 5.74) is 0. The molecule has 0 unspecified atom stereocenters. The van der Waals surface area contributed by atoms with Gasteiger partial charge in [0.05, 0.1) is 8.71 Å². The molecule has 0 spiro atoms. The van der Waals surface area contributed by atoms with E-state index in [-0.39, 0.29) is 0 Å². The normalized spacial score (nSPS) is 10.5. The Kier molecular flexibility index (Phi) is 3.06. The van der Waals surface area contributed by atoms with Gasteiger partial charge in [0.15, 0.2) is 0 Å². The van der Waals surface area contributed by atoms with E-state index in [4.69, 9.17) is 0 Å². The maximum Gasteiger partial charge on any atom is 0.0885 e. The van der Waals surface area contributed by atoms with E-state index < -0.39 is 0 Å². The molecule has 0 aliphatic carbocycles. The number of rotatable bonds is 0. The monoisotopic (exact) mass is 280 g/mol. The summed E-state index contributed by atoms with van der Waals surface area (Å²) >= 11 is 7.30. The number of fused-ring (bicyclic) bond motifs is 3. The Labute approximate surface area is 109 Å². The van der Waals surface area contributed by atoms with Crippen LogP contribution in [0.3, 0.4) is 0 Å². The van der Waals surface area contributed by atoms with Gasteiger partial charge in [-0.2, -0.15) is 11.3 Å². The molecule has 80 valence electrons. The van der Waals surface area contributed by atoms with Gasteiger partial charge in [-0.25, -0.2) is 0 Å². The van der Waals surface area contributed by atoms with Crippen LogP contribution in [0.15, 0.2) is 45.8 Å². The molecule has 4 aromatic heterocycles. The molecular weight excluding hydrogens is 272 g/mol. The molecule has 0 amide bonds. The number of thiophene rings is 4. The van der Waals surface area contributed by atoms with Gasteiger partial charge in [-0.15, -0.1) is 34.0 Å². The summed E-state index contributed by atoms with van der Waals surface area (Å²) in [4.78, 5) is 0. The Morgan fingerprint density at radius 1 is 0.812 bits per heavy atom. The smallest absolute Gasteiger partial charge is 0.0885 e. The van der Waals surface area contributed by atoms with E-state index in [2.05, 4.69) is 22.9 Å². The Balaban J connectivity index is 0.000000137. The van der Waals surface area contributed by atoms with Gasteiger partial charge in [0.25, 0.3) is 0 Å². The lowest BCUT2D eigenvalue weighted by Gasteiger charge is -1.71. The van der Waals surface area contributed by atoms with Crippen LogP contribution >= 0.6 is 45.3 Å². The van der Waals surface area contributed by atoms with Gasteiger partial charge in [-0.05, 0) is 33.7 Å². The summed E-state index contributed by atoms with van der Waals surface area (Å²) in [6.45, 7) is 0. The summed E-state index contributed by atoms with van der Waals surface area (Å²) in [7, 11) is 0. The first-order valence-electron chi connectivity index (χ1n) is 4.75. The molecule has 4 aromatic rings. The molecule has 4 heteroatoms. The average molecular weight is 280 g/mol. The third kappa shape index (κ3) is 1.94. The van der Waals surface area contributed by atoms with E-state index in [0.717, 1.165) is 0 Å². The van der Waals surface area contributed by atoms with E-state index in [1.54, 1.807) is 11.3 Å². The van der Waals surface area contributed by atoms with Crippen molar-refractivity contribution in [2.75, 3.05) is 0 Å². The highest BCUT2D eigenvalue weighted by atomic mass is 32.2. The minimum atomic E-state index is 1.44. The van der Waals surface area contributed by atoms with Crippen molar-refractivity contribution in [3.8, 4) is 0 Å². The van der Waals surface area contributed by atoms with Gasteiger partial charge in [0, 0.05) is 10.1 Å². The molecule has 0 saturated carbocycles. The van der Waals surface area contributed by atoms with Crippen molar-refractivity contribution in [1.29, 1.82) is 0 Å². The highest BCUT2D eigenvalue weighted by Gasteiger charge is 2.05. The van der Waals surface area contributed by atoms with Crippen molar-refractivity contribution in [3.05, 3.63) is 45.8 Å². The fraction of sp³-hybridized carbons (Fsp3) is 0. The summed E-state index contributed by atoms with van der Waals surface area (Å²) in [6, 6.07) is 8.46. The minimum absolute atomic E-state index is 1.44. The summed E-state index contributed by atoms with van der Waals surface area (Å²) in [5, 5.41) is 9.86. The molecule has 0 radical (unpaired) electrons. The molecule has 0 saturated heterocycles. The van der Waals surface area contributed by atoms with Crippen LogP contribution in [0.5, 0.6) is 0 Å². The maximum atomic E-state index is 2.22. The van der Waals surface area contributed by atoms with Gasteiger partial charge in [0.1, 0.15) is 0 Å². The molecule has 0 aliphatic heterocycles. The molecule has 0 aliphatic rings. The molecule has 4 rings (SSSR count). The number of hydrogen-bond donors (Lipinski definition) is 0. The SMILES string of the molecule is c1cc2c(s1)sc1ccsc12.c1ccsc1. The molecule has 4 heterocycles. The van der Waals surface area contributed by atoms with Crippen LogP contribution in [-0.4, -0.2) is 0 Å². The molecule has 16 heavy (non-hydrogen) atoms. The second-order valence-electron chi connectivity index (χ2n) is 3.13. The summed E-state index contributed by atoms with van der Waals surface area (Å²) < 4.78 is 4.37. The minimum Gasteiger partial charge on any atom is -0.152 e. The van der Waals surface area contributed by atoms with Crippen LogP contribution in [0, 0.1) is 0 Å². The fourth-order valence-electron chi connectivity index (χ4n) is 1.44. The lowest BCUT2D eigenvalue weighted by atomic mass is 10.4. The Bertz CT molecular complexity index is 604. The van der Waals surface area contributed by atoms with Crippen molar-refractivity contribution >= 4 is 64.1 Å². The van der Waals surface area contributed by atoms with Crippen LogP contribution < -0.4 is 0 Å². The van der Waals surface area contributed by atoms with Crippen LogP contribution in [0.1, 0.15) is 0 Å². The van der Waals surface area contributed by atoms with Gasteiger partial charge in [0.2, 0.25) is 0 Å². The first-order chi connectivity index (χ1) is 7.95. The summed E-state index contributed by atoms with van der Waals surface area (Å²) in [5.74, 6) is 0. The second kappa shape index (κ2) is 4.67. The Morgan fingerprint density at radius 2 is 1.62 bits per heavy atom. The lowest BCUT2D eigenvalue weighted by Crippen LogP contribution is -1.43. The molecule has 0 atom stereocenters. The van der Waals surface area contributed by atoms with Crippen LogP contribution in [0.2, 0.25) is 0 Å². The Hall–Kier alpha value is -0.680. The Morgan fingerprint density at radius 3 is 2.38 bits per heavy atom. The summed E-state index contributed by atoms with van der Waals surface area (Å²) in [6.07, 6.45) is 0. The average Bonchev–Trinajstić information content (AvgIpc) is 3.03. The van der Waals surface area contributed by atoms with E-state index in [0.29, 0.717) is 0 Å². The van der Waals surface area contributed by atoms with Crippen molar-refractivity contribution in [2.24, 2.45) is 0 Å². The zero-order chi connectivity index (χ0) is 10.8. The second-order valence-corrected chi connectivity index (χ2v) is 7.09. The number of hydrogen-bond acceptors (Lipinski definition) is 4. The zero-order valence-electron chi connectivity index (χ0n) is 8.25. The molecule has 0 aromatic carbocycles. The highest BCUT2D eigenvalue weighted by molar-refractivity contribution is 7.43. The predicted molar refractivity (Wildman–Crippen MR) is 79.4 cm³/mol. The van der Waals surface area contributed by atoms with E-state index in [1.807, 2.05) is 56.9 Å². The van der Waals surface area contributed by atoms with Gasteiger partial charge < -0.3 is 0 Å². The first kappa shape index (κ1) is 10.5. The van der Waals surface area contributed by atoms with E-state index in [9.17, 15) is 0 Å². The first-order valence-corrected chi connectivity index (χ1v) is 8.27. The third-order valence-corrected chi connectivity index (χ3v) is 6.05. The van der Waals surface area contributed by atoms with Gasteiger partial charge >= 0.3 is 0 Å². The fourth-order valence-corrected chi connectivity index (χ4v) is 5.28. The van der Waals surface area contributed by atoms with Gasteiger partial charge in [-0.3, -0.25) is 0 Å². The van der Waals surface area contributed by atoms with Crippen LogP contribution in [0.4, 0.5) is 0 Å². The largest absolute Gasteiger partial charge is 0.152 e. The molecule has 0 fully saturated rings. The van der Waals surface area contributed by atoms with Crippen molar-refractivity contribution < 1.29 is 0 Å². The highest BCUT2D eigenvalue weighted by Crippen LogP contribution is 2.39. The van der Waals surface area contributed by atoms with E-state index in [1.165, 1.54) is 18.8 Å². The zero-order valence-corrected chi connectivity index (χ0v) is 11.5. The van der Waals surface area contributed by atoms with Crippen LogP contribution in [-0.2, 0) is 0 Å². The predicted octanol–water partition coefficient (Wildman–Crippen LogP) is 5.93. The molecule has 0 nitrogen and oxygen atoms in total. The molecular formula is C12H8S4. The quantitative estimate of drug-likeness (QED) is 0.375. The standard InChI is InChI=1S/C8H4S3.C4H4S/c1-3-10-8-5(1)7-6(11-8)2-4-9-7;1-2-4-5-3-1/h1-4H;1-4H. The van der Waals surface area contributed by atoms with Crippen molar-refractivity contribution in [2.45, 2.75) is 0 Å². The molecule has 0 N–H and O–H groups in total.